The number of rotatable bonds is 7. The van der Waals surface area contributed by atoms with Gasteiger partial charge in [-0.25, -0.2) is 21.6 Å². The Labute approximate surface area is 130 Å². The Hall–Kier alpha value is -1.16. The van der Waals surface area contributed by atoms with Gasteiger partial charge in [0.2, 0.25) is 10.0 Å². The topological polar surface area (TPSA) is 116 Å². The molecule has 22 heavy (non-hydrogen) atoms. The SMILES string of the molecule is COc1ccc(S(C)(=O)=O)cc1S(=O)(=O)NCC(N)C1CC1. The lowest BCUT2D eigenvalue weighted by Gasteiger charge is -2.14. The number of nitrogens with two attached hydrogens (primary N) is 1. The first-order valence-corrected chi connectivity index (χ1v) is 10.2. The summed E-state index contributed by atoms with van der Waals surface area (Å²) in [6, 6.07) is 3.49. The van der Waals surface area contributed by atoms with E-state index in [0.29, 0.717) is 5.92 Å². The Morgan fingerprint density at radius 3 is 2.45 bits per heavy atom. The summed E-state index contributed by atoms with van der Waals surface area (Å²) in [5.74, 6) is 0.437. The zero-order valence-electron chi connectivity index (χ0n) is 12.4. The van der Waals surface area contributed by atoms with E-state index in [1.165, 1.54) is 19.2 Å². The minimum atomic E-state index is -3.91. The van der Waals surface area contributed by atoms with Crippen LogP contribution in [0.1, 0.15) is 12.8 Å². The maximum atomic E-state index is 12.4. The highest BCUT2D eigenvalue weighted by Gasteiger charge is 2.30. The van der Waals surface area contributed by atoms with Gasteiger partial charge in [-0.05, 0) is 37.0 Å². The largest absolute Gasteiger partial charge is 0.495 e. The molecule has 0 aliphatic heterocycles. The molecule has 0 radical (unpaired) electrons. The van der Waals surface area contributed by atoms with Crippen molar-refractivity contribution in [1.29, 1.82) is 0 Å². The third kappa shape index (κ3) is 3.97. The van der Waals surface area contributed by atoms with E-state index in [4.69, 9.17) is 10.5 Å². The number of benzene rings is 1. The van der Waals surface area contributed by atoms with Crippen molar-refractivity contribution in [3.05, 3.63) is 18.2 Å². The first-order chi connectivity index (χ1) is 10.1. The summed E-state index contributed by atoms with van der Waals surface area (Å²) in [7, 11) is -6.10. The predicted molar refractivity (Wildman–Crippen MR) is 82.0 cm³/mol. The molecular weight excluding hydrogens is 328 g/mol. The average Bonchev–Trinajstić information content (AvgIpc) is 3.27. The number of methoxy groups -OCH3 is 1. The van der Waals surface area contributed by atoms with Crippen molar-refractivity contribution < 1.29 is 21.6 Å². The van der Waals surface area contributed by atoms with E-state index in [9.17, 15) is 16.8 Å². The molecule has 0 saturated heterocycles. The maximum Gasteiger partial charge on any atom is 0.244 e. The van der Waals surface area contributed by atoms with E-state index < -0.39 is 19.9 Å². The summed E-state index contributed by atoms with van der Waals surface area (Å²) >= 11 is 0. The first-order valence-electron chi connectivity index (χ1n) is 6.78. The van der Waals surface area contributed by atoms with Crippen molar-refractivity contribution >= 4 is 19.9 Å². The van der Waals surface area contributed by atoms with Crippen LogP contribution >= 0.6 is 0 Å². The molecule has 0 amide bonds. The second kappa shape index (κ2) is 6.15. The van der Waals surface area contributed by atoms with Crippen molar-refractivity contribution in [2.24, 2.45) is 11.7 Å². The molecule has 3 N–H and O–H groups in total. The lowest BCUT2D eigenvalue weighted by atomic mass is 10.2. The number of hydrogen-bond donors (Lipinski definition) is 2. The van der Waals surface area contributed by atoms with Crippen LogP contribution < -0.4 is 15.2 Å². The van der Waals surface area contributed by atoms with Gasteiger partial charge in [0.15, 0.2) is 9.84 Å². The lowest BCUT2D eigenvalue weighted by Crippen LogP contribution is -2.38. The predicted octanol–water partition coefficient (Wildman–Crippen LogP) is 0.114. The molecule has 0 heterocycles. The van der Waals surface area contributed by atoms with Crippen molar-refractivity contribution in [3.63, 3.8) is 0 Å². The molecule has 1 aliphatic rings. The van der Waals surface area contributed by atoms with E-state index in [1.54, 1.807) is 0 Å². The number of sulfone groups is 1. The highest BCUT2D eigenvalue weighted by Crippen LogP contribution is 2.31. The molecular formula is C13H20N2O5S2. The zero-order chi connectivity index (χ0) is 16.5. The smallest absolute Gasteiger partial charge is 0.244 e. The van der Waals surface area contributed by atoms with E-state index >= 15 is 0 Å². The third-order valence-electron chi connectivity index (χ3n) is 3.59. The number of ether oxygens (including phenoxy) is 1. The van der Waals surface area contributed by atoms with Gasteiger partial charge in [-0.15, -0.1) is 0 Å². The van der Waals surface area contributed by atoms with E-state index in [2.05, 4.69) is 4.72 Å². The van der Waals surface area contributed by atoms with Crippen molar-refractivity contribution in [3.8, 4) is 5.75 Å². The Balaban J connectivity index is 2.31. The third-order valence-corrected chi connectivity index (χ3v) is 6.14. The normalized spacial score (nSPS) is 17.2. The minimum absolute atomic E-state index is 0.0832. The molecule has 7 nitrogen and oxygen atoms in total. The van der Waals surface area contributed by atoms with Gasteiger partial charge in [0, 0.05) is 18.8 Å². The summed E-state index contributed by atoms with van der Waals surface area (Å²) in [5.41, 5.74) is 5.88. The average molecular weight is 348 g/mol. The quantitative estimate of drug-likeness (QED) is 0.723. The molecule has 2 rings (SSSR count). The standard InChI is InChI=1S/C13H20N2O5S2/c1-20-12-6-5-10(21(2,16)17)7-13(12)22(18,19)15-8-11(14)9-3-4-9/h5-7,9,11,15H,3-4,8,14H2,1-2H3. The second-order valence-electron chi connectivity index (χ2n) is 5.44. The minimum Gasteiger partial charge on any atom is -0.495 e. The number of sulfonamides is 1. The van der Waals surface area contributed by atoms with Gasteiger partial charge < -0.3 is 10.5 Å². The second-order valence-corrected chi connectivity index (χ2v) is 9.19. The summed E-state index contributed by atoms with van der Waals surface area (Å²) in [6.45, 7) is 0.110. The lowest BCUT2D eigenvalue weighted by molar-refractivity contribution is 0.401. The molecule has 0 aromatic heterocycles. The van der Waals surface area contributed by atoms with E-state index in [-0.39, 0.29) is 28.1 Å². The fourth-order valence-corrected chi connectivity index (χ4v) is 4.06. The molecule has 1 aromatic carbocycles. The number of nitrogens with one attached hydrogen (secondary N) is 1. The van der Waals surface area contributed by atoms with Gasteiger partial charge in [0.25, 0.3) is 0 Å². The Kier molecular flexibility index (Phi) is 4.81. The molecule has 1 fully saturated rings. The monoisotopic (exact) mass is 348 g/mol. The van der Waals surface area contributed by atoms with Gasteiger partial charge in [-0.3, -0.25) is 0 Å². The highest BCUT2D eigenvalue weighted by molar-refractivity contribution is 7.91. The van der Waals surface area contributed by atoms with Crippen LogP contribution in [-0.4, -0.2) is 42.8 Å². The Morgan fingerprint density at radius 1 is 1.32 bits per heavy atom. The number of hydrogen-bond acceptors (Lipinski definition) is 6. The van der Waals surface area contributed by atoms with Gasteiger partial charge in [0.1, 0.15) is 10.6 Å². The summed E-state index contributed by atoms with van der Waals surface area (Å²) < 4.78 is 55.4. The van der Waals surface area contributed by atoms with Gasteiger partial charge in [0.05, 0.1) is 12.0 Å². The van der Waals surface area contributed by atoms with Gasteiger partial charge >= 0.3 is 0 Å². The van der Waals surface area contributed by atoms with Crippen LogP contribution in [0.4, 0.5) is 0 Å². The van der Waals surface area contributed by atoms with Crippen molar-refractivity contribution in [1.82, 2.24) is 4.72 Å². The van der Waals surface area contributed by atoms with Crippen LogP contribution in [0.3, 0.4) is 0 Å². The fourth-order valence-electron chi connectivity index (χ4n) is 2.07. The Morgan fingerprint density at radius 2 is 1.95 bits per heavy atom. The molecule has 1 aromatic rings. The molecule has 9 heteroatoms. The molecule has 1 unspecified atom stereocenters. The van der Waals surface area contributed by atoms with Crippen LogP contribution in [-0.2, 0) is 19.9 Å². The van der Waals surface area contributed by atoms with Crippen LogP contribution in [0.25, 0.3) is 0 Å². The molecule has 0 bridgehead atoms. The summed E-state index contributed by atoms with van der Waals surface area (Å²) in [5, 5.41) is 0. The van der Waals surface area contributed by atoms with Crippen LogP contribution in [0.5, 0.6) is 5.75 Å². The van der Waals surface area contributed by atoms with Crippen molar-refractivity contribution in [2.45, 2.75) is 28.7 Å². The summed E-state index contributed by atoms with van der Waals surface area (Å²) in [6.07, 6.45) is 3.03. The zero-order valence-corrected chi connectivity index (χ0v) is 14.1. The van der Waals surface area contributed by atoms with Crippen LogP contribution in [0, 0.1) is 5.92 Å². The molecule has 1 saturated carbocycles. The van der Waals surface area contributed by atoms with Crippen molar-refractivity contribution in [2.75, 3.05) is 19.9 Å². The molecule has 1 atom stereocenters. The van der Waals surface area contributed by atoms with Gasteiger partial charge in [-0.2, -0.15) is 0 Å². The fraction of sp³-hybridized carbons (Fsp3) is 0.538. The highest BCUT2D eigenvalue weighted by atomic mass is 32.2. The molecule has 1 aliphatic carbocycles. The molecule has 124 valence electrons. The Bertz CT molecular complexity index is 755. The first kappa shape index (κ1) is 17.2. The van der Waals surface area contributed by atoms with Gasteiger partial charge in [-0.1, -0.05) is 0 Å². The van der Waals surface area contributed by atoms with Crippen LogP contribution in [0.15, 0.2) is 28.0 Å². The van der Waals surface area contributed by atoms with E-state index in [1.807, 2.05) is 0 Å². The maximum absolute atomic E-state index is 12.4. The molecule has 0 spiro atoms. The van der Waals surface area contributed by atoms with Crippen LogP contribution in [0.2, 0.25) is 0 Å². The van der Waals surface area contributed by atoms with E-state index in [0.717, 1.165) is 25.2 Å². The summed E-state index contributed by atoms with van der Waals surface area (Å²) in [4.78, 5) is -0.291.